The number of aryl methyl sites for hydroxylation is 1. The quantitative estimate of drug-likeness (QED) is 0.789. The summed E-state index contributed by atoms with van der Waals surface area (Å²) in [5, 5.41) is 1.89. The molecule has 1 aromatic rings. The molecule has 2 rings (SSSR count). The van der Waals surface area contributed by atoms with Gasteiger partial charge in [0.15, 0.2) is 0 Å². The topological polar surface area (TPSA) is 46.6 Å². The van der Waals surface area contributed by atoms with E-state index >= 15 is 0 Å². The van der Waals surface area contributed by atoms with Crippen molar-refractivity contribution < 1.29 is 14.3 Å². The molecule has 1 amide bonds. The summed E-state index contributed by atoms with van der Waals surface area (Å²) in [6, 6.07) is 1.92. The molecule has 0 aromatic carbocycles. The lowest BCUT2D eigenvalue weighted by Gasteiger charge is -2.48. The fourth-order valence-corrected chi connectivity index (χ4v) is 2.97. The SMILES string of the molecule is CCOC(=O)C1(C)CCN1C(=O)c1sccc1C. The van der Waals surface area contributed by atoms with Crippen LogP contribution in [0.25, 0.3) is 0 Å². The molecule has 0 N–H and O–H groups in total. The van der Waals surface area contributed by atoms with Gasteiger partial charge in [-0.2, -0.15) is 0 Å². The summed E-state index contributed by atoms with van der Waals surface area (Å²) in [6.45, 7) is 6.41. The van der Waals surface area contributed by atoms with Gasteiger partial charge in [0.05, 0.1) is 11.5 Å². The Hall–Kier alpha value is -1.36. The van der Waals surface area contributed by atoms with Crippen LogP contribution in [0.1, 0.15) is 35.5 Å². The third-order valence-corrected chi connectivity index (χ3v) is 4.44. The predicted octanol–water partition coefficient (Wildman–Crippen LogP) is 2.22. The van der Waals surface area contributed by atoms with E-state index in [1.807, 2.05) is 18.4 Å². The molecule has 4 nitrogen and oxygen atoms in total. The van der Waals surface area contributed by atoms with Crippen molar-refractivity contribution in [3.63, 3.8) is 0 Å². The molecule has 1 unspecified atom stereocenters. The molecular weight excluding hydrogens is 250 g/mol. The average molecular weight is 267 g/mol. The van der Waals surface area contributed by atoms with Gasteiger partial charge in [-0.15, -0.1) is 11.3 Å². The summed E-state index contributed by atoms with van der Waals surface area (Å²) in [7, 11) is 0. The first kappa shape index (κ1) is 13.1. The first-order valence-electron chi connectivity index (χ1n) is 6.04. The highest BCUT2D eigenvalue weighted by atomic mass is 32.1. The largest absolute Gasteiger partial charge is 0.464 e. The Bertz CT molecular complexity index is 482. The van der Waals surface area contributed by atoms with Gasteiger partial charge in [0.1, 0.15) is 5.54 Å². The van der Waals surface area contributed by atoms with Gasteiger partial charge in [0, 0.05) is 6.54 Å². The van der Waals surface area contributed by atoms with Crippen LogP contribution in [-0.4, -0.2) is 35.5 Å². The number of nitrogens with zero attached hydrogens (tertiary/aromatic N) is 1. The molecule has 1 aromatic heterocycles. The molecule has 1 atom stereocenters. The van der Waals surface area contributed by atoms with E-state index in [4.69, 9.17) is 4.74 Å². The van der Waals surface area contributed by atoms with Crippen molar-refractivity contribution in [2.75, 3.05) is 13.2 Å². The number of carbonyl (C=O) groups excluding carboxylic acids is 2. The highest BCUT2D eigenvalue weighted by Crippen LogP contribution is 2.34. The highest BCUT2D eigenvalue weighted by Gasteiger charge is 2.51. The first-order chi connectivity index (χ1) is 8.50. The molecule has 18 heavy (non-hydrogen) atoms. The molecule has 1 saturated heterocycles. The van der Waals surface area contributed by atoms with E-state index in [2.05, 4.69) is 0 Å². The molecule has 5 heteroatoms. The zero-order valence-corrected chi connectivity index (χ0v) is 11.7. The predicted molar refractivity (Wildman–Crippen MR) is 69.7 cm³/mol. The van der Waals surface area contributed by atoms with Crippen LogP contribution in [0.4, 0.5) is 0 Å². The van der Waals surface area contributed by atoms with Gasteiger partial charge < -0.3 is 9.64 Å². The van der Waals surface area contributed by atoms with Gasteiger partial charge in [-0.05, 0) is 44.2 Å². The molecule has 0 radical (unpaired) electrons. The summed E-state index contributed by atoms with van der Waals surface area (Å²) in [4.78, 5) is 26.6. The van der Waals surface area contributed by atoms with Crippen molar-refractivity contribution in [2.45, 2.75) is 32.7 Å². The molecule has 0 bridgehead atoms. The Balaban J connectivity index is 2.18. The maximum absolute atomic E-state index is 12.4. The summed E-state index contributed by atoms with van der Waals surface area (Å²) in [5.74, 6) is -0.372. The zero-order chi connectivity index (χ0) is 13.3. The van der Waals surface area contributed by atoms with Crippen LogP contribution in [-0.2, 0) is 9.53 Å². The van der Waals surface area contributed by atoms with Gasteiger partial charge in [-0.1, -0.05) is 0 Å². The summed E-state index contributed by atoms with van der Waals surface area (Å²) in [5.41, 5.74) is 0.173. The second-order valence-corrected chi connectivity index (χ2v) is 5.55. The van der Waals surface area contributed by atoms with E-state index in [0.29, 0.717) is 24.4 Å². The highest BCUT2D eigenvalue weighted by molar-refractivity contribution is 7.12. The summed E-state index contributed by atoms with van der Waals surface area (Å²) < 4.78 is 5.05. The Labute approximate surface area is 111 Å². The Morgan fingerprint density at radius 2 is 2.28 bits per heavy atom. The normalized spacial score (nSPS) is 22.5. The molecule has 1 aliphatic rings. The second kappa shape index (κ2) is 4.72. The number of hydrogen-bond donors (Lipinski definition) is 0. The van der Waals surface area contributed by atoms with E-state index in [9.17, 15) is 9.59 Å². The number of hydrogen-bond acceptors (Lipinski definition) is 4. The van der Waals surface area contributed by atoms with Crippen molar-refractivity contribution in [1.82, 2.24) is 4.90 Å². The van der Waals surface area contributed by atoms with Crippen LogP contribution in [0.3, 0.4) is 0 Å². The van der Waals surface area contributed by atoms with Crippen LogP contribution in [0.5, 0.6) is 0 Å². The molecular formula is C13H17NO3S. The number of amides is 1. The fourth-order valence-electron chi connectivity index (χ4n) is 2.10. The minimum absolute atomic E-state index is 0.0655. The molecule has 1 aliphatic heterocycles. The summed E-state index contributed by atoms with van der Waals surface area (Å²) >= 11 is 1.42. The minimum atomic E-state index is -0.788. The fraction of sp³-hybridized carbons (Fsp3) is 0.538. The van der Waals surface area contributed by atoms with Crippen LogP contribution in [0, 0.1) is 6.92 Å². The van der Waals surface area contributed by atoms with E-state index in [1.165, 1.54) is 11.3 Å². The van der Waals surface area contributed by atoms with Crippen molar-refractivity contribution in [2.24, 2.45) is 0 Å². The van der Waals surface area contributed by atoms with Crippen LogP contribution >= 0.6 is 11.3 Å². The van der Waals surface area contributed by atoms with Crippen molar-refractivity contribution in [3.8, 4) is 0 Å². The molecule has 1 fully saturated rings. The lowest BCUT2D eigenvalue weighted by molar-refractivity contribution is -0.162. The number of likely N-dealkylation sites (tertiary alicyclic amines) is 1. The van der Waals surface area contributed by atoms with Crippen molar-refractivity contribution in [3.05, 3.63) is 21.9 Å². The van der Waals surface area contributed by atoms with Gasteiger partial charge in [-0.3, -0.25) is 4.79 Å². The van der Waals surface area contributed by atoms with Crippen LogP contribution in [0.2, 0.25) is 0 Å². The second-order valence-electron chi connectivity index (χ2n) is 4.63. The monoisotopic (exact) mass is 267 g/mol. The maximum Gasteiger partial charge on any atom is 0.331 e. The number of ether oxygens (including phenoxy) is 1. The van der Waals surface area contributed by atoms with Crippen molar-refractivity contribution in [1.29, 1.82) is 0 Å². The number of thiophene rings is 1. The van der Waals surface area contributed by atoms with Gasteiger partial charge in [0.2, 0.25) is 0 Å². The molecule has 0 saturated carbocycles. The van der Waals surface area contributed by atoms with Gasteiger partial charge in [0.25, 0.3) is 5.91 Å². The number of esters is 1. The lowest BCUT2D eigenvalue weighted by atomic mass is 9.86. The zero-order valence-electron chi connectivity index (χ0n) is 10.9. The first-order valence-corrected chi connectivity index (χ1v) is 6.92. The average Bonchev–Trinajstić information content (AvgIpc) is 2.73. The van der Waals surface area contributed by atoms with Gasteiger partial charge >= 0.3 is 5.97 Å². The Morgan fingerprint density at radius 1 is 1.56 bits per heavy atom. The number of carbonyl (C=O) groups is 2. The molecule has 0 aliphatic carbocycles. The smallest absolute Gasteiger partial charge is 0.331 e. The Kier molecular flexibility index (Phi) is 3.43. The molecule has 2 heterocycles. The Morgan fingerprint density at radius 3 is 2.72 bits per heavy atom. The molecule has 0 spiro atoms. The van der Waals surface area contributed by atoms with Crippen molar-refractivity contribution >= 4 is 23.2 Å². The maximum atomic E-state index is 12.4. The third kappa shape index (κ3) is 1.92. The minimum Gasteiger partial charge on any atom is -0.464 e. The summed E-state index contributed by atoms with van der Waals surface area (Å²) in [6.07, 6.45) is 0.669. The standard InChI is InChI=1S/C13H17NO3S/c1-4-17-12(16)13(3)6-7-14(13)11(15)10-9(2)5-8-18-10/h5,8H,4,6-7H2,1-3H3. The van der Waals surface area contributed by atoms with E-state index < -0.39 is 5.54 Å². The van der Waals surface area contributed by atoms with Crippen LogP contribution < -0.4 is 0 Å². The van der Waals surface area contributed by atoms with E-state index in [1.54, 1.807) is 18.7 Å². The van der Waals surface area contributed by atoms with E-state index in [-0.39, 0.29) is 11.9 Å². The number of rotatable bonds is 3. The third-order valence-electron chi connectivity index (χ3n) is 3.43. The van der Waals surface area contributed by atoms with Crippen LogP contribution in [0.15, 0.2) is 11.4 Å². The van der Waals surface area contributed by atoms with Gasteiger partial charge in [-0.25, -0.2) is 4.79 Å². The van der Waals surface area contributed by atoms with E-state index in [0.717, 1.165) is 5.56 Å². The molecule has 98 valence electrons. The lowest BCUT2D eigenvalue weighted by Crippen LogP contribution is -2.65.